The Morgan fingerprint density at radius 3 is 2.38 bits per heavy atom. The molecule has 3 saturated heterocycles. The highest BCUT2D eigenvalue weighted by Crippen LogP contribution is 2.28. The molecular weight excluding hydrogens is 266 g/mol. The summed E-state index contributed by atoms with van der Waals surface area (Å²) in [4.78, 5) is 29.6. The largest absolute Gasteiger partial charge is 0.355 e. The summed E-state index contributed by atoms with van der Waals surface area (Å²) in [6.07, 6.45) is 2.35. The van der Waals surface area contributed by atoms with Gasteiger partial charge in [0.2, 0.25) is 0 Å². The number of piperidine rings is 3. The normalized spacial score (nSPS) is 27.7. The maximum absolute atomic E-state index is 12.6. The third-order valence-electron chi connectivity index (χ3n) is 4.99. The summed E-state index contributed by atoms with van der Waals surface area (Å²) in [5, 5.41) is 3.19. The Balaban J connectivity index is 1.78. The number of hydrogen-bond donors (Lipinski definition) is 2. The molecule has 1 aromatic rings. The average Bonchev–Trinajstić information content (AvgIpc) is 2.75. The van der Waals surface area contributed by atoms with E-state index in [0.29, 0.717) is 17.2 Å². The lowest BCUT2D eigenvalue weighted by Gasteiger charge is -2.44. The van der Waals surface area contributed by atoms with Gasteiger partial charge in [0.25, 0.3) is 5.91 Å². The third kappa shape index (κ3) is 2.50. The van der Waals surface area contributed by atoms with E-state index in [1.807, 2.05) is 13.8 Å². The van der Waals surface area contributed by atoms with Crippen LogP contribution in [0.3, 0.4) is 0 Å². The molecule has 0 radical (unpaired) electrons. The first-order chi connectivity index (χ1) is 9.97. The van der Waals surface area contributed by atoms with Crippen molar-refractivity contribution in [3.05, 3.63) is 22.5 Å². The number of carbonyl (C=O) groups is 2. The molecule has 3 aliphatic rings. The van der Waals surface area contributed by atoms with E-state index in [9.17, 15) is 9.59 Å². The third-order valence-corrected chi connectivity index (χ3v) is 4.99. The van der Waals surface area contributed by atoms with Crippen molar-refractivity contribution in [2.75, 3.05) is 19.6 Å². The molecule has 2 N–H and O–H groups in total. The second kappa shape index (κ2) is 5.30. The molecule has 4 rings (SSSR count). The number of fused-ring (bicyclic) bond motifs is 3. The van der Waals surface area contributed by atoms with Gasteiger partial charge in [-0.3, -0.25) is 9.59 Å². The van der Waals surface area contributed by atoms with E-state index in [-0.39, 0.29) is 17.7 Å². The van der Waals surface area contributed by atoms with Gasteiger partial charge in [0.15, 0.2) is 5.78 Å². The SMILES string of the molecule is CC(=O)c1[nH]c(C)c(C(=O)N[C@@H]2CN3CCC2CC3)c1C. The van der Waals surface area contributed by atoms with Gasteiger partial charge in [0.1, 0.15) is 0 Å². The fourth-order valence-corrected chi connectivity index (χ4v) is 3.81. The smallest absolute Gasteiger partial charge is 0.253 e. The fraction of sp³-hybridized carbons (Fsp3) is 0.625. The van der Waals surface area contributed by atoms with Crippen LogP contribution in [0.2, 0.25) is 0 Å². The maximum Gasteiger partial charge on any atom is 0.253 e. The van der Waals surface area contributed by atoms with Gasteiger partial charge in [-0.1, -0.05) is 0 Å². The van der Waals surface area contributed by atoms with E-state index in [1.54, 1.807) is 0 Å². The highest BCUT2D eigenvalue weighted by Gasteiger charge is 2.35. The number of nitrogens with zero attached hydrogens (tertiary/aromatic N) is 1. The average molecular weight is 289 g/mol. The molecule has 0 unspecified atom stereocenters. The summed E-state index contributed by atoms with van der Waals surface area (Å²) in [7, 11) is 0. The second-order valence-electron chi connectivity index (χ2n) is 6.40. The van der Waals surface area contributed by atoms with E-state index >= 15 is 0 Å². The predicted octanol–water partition coefficient (Wildman–Crippen LogP) is 1.66. The number of carbonyl (C=O) groups excluding carboxylic acids is 2. The monoisotopic (exact) mass is 289 g/mol. The number of nitrogens with one attached hydrogen (secondary N) is 2. The van der Waals surface area contributed by atoms with Gasteiger partial charge in [-0.15, -0.1) is 0 Å². The van der Waals surface area contributed by atoms with Crippen LogP contribution in [0.1, 0.15) is 51.9 Å². The van der Waals surface area contributed by atoms with Crippen LogP contribution in [0.25, 0.3) is 0 Å². The molecule has 0 aromatic carbocycles. The predicted molar refractivity (Wildman–Crippen MR) is 80.7 cm³/mol. The summed E-state index contributed by atoms with van der Waals surface area (Å²) in [6.45, 7) is 8.49. The summed E-state index contributed by atoms with van der Waals surface area (Å²) in [5.41, 5.74) is 2.72. The first kappa shape index (κ1) is 14.3. The second-order valence-corrected chi connectivity index (χ2v) is 6.40. The Labute approximate surface area is 125 Å². The minimum atomic E-state index is -0.0486. The molecule has 4 heterocycles. The molecular formula is C16H23N3O2. The molecule has 0 saturated carbocycles. The molecule has 21 heavy (non-hydrogen) atoms. The lowest BCUT2D eigenvalue weighted by molar-refractivity contribution is 0.0620. The lowest BCUT2D eigenvalue weighted by atomic mass is 9.84. The molecule has 114 valence electrons. The molecule has 3 aliphatic heterocycles. The molecule has 5 heteroatoms. The maximum atomic E-state index is 12.6. The van der Waals surface area contributed by atoms with Crippen molar-refractivity contribution in [3.63, 3.8) is 0 Å². The minimum absolute atomic E-state index is 0.0301. The Bertz CT molecular complexity index is 583. The Kier molecular flexibility index (Phi) is 3.61. The number of aromatic amines is 1. The van der Waals surface area contributed by atoms with Gasteiger partial charge in [-0.25, -0.2) is 0 Å². The number of hydrogen-bond acceptors (Lipinski definition) is 3. The number of amides is 1. The van der Waals surface area contributed by atoms with Gasteiger partial charge < -0.3 is 15.2 Å². The molecule has 0 aliphatic carbocycles. The first-order valence-electron chi connectivity index (χ1n) is 7.70. The summed E-state index contributed by atoms with van der Waals surface area (Å²) >= 11 is 0. The molecule has 5 nitrogen and oxygen atoms in total. The van der Waals surface area contributed by atoms with Crippen LogP contribution in [0.15, 0.2) is 0 Å². The molecule has 2 bridgehead atoms. The molecule has 1 atom stereocenters. The Morgan fingerprint density at radius 1 is 1.24 bits per heavy atom. The van der Waals surface area contributed by atoms with Crippen molar-refractivity contribution in [2.45, 2.75) is 39.7 Å². The standard InChI is InChI=1S/C16H23N3O2/c1-9-14(10(2)17-15(9)11(3)20)16(21)18-13-8-19-6-4-12(13)5-7-19/h12-13,17H,4-8H2,1-3H3,(H,18,21)/t13-/m1/s1. The number of H-pyrrole nitrogens is 1. The zero-order valence-corrected chi connectivity index (χ0v) is 13.0. The summed E-state index contributed by atoms with van der Waals surface area (Å²) in [5.74, 6) is 0.524. The van der Waals surface area contributed by atoms with Crippen molar-refractivity contribution in [1.29, 1.82) is 0 Å². The molecule has 1 aromatic heterocycles. The van der Waals surface area contributed by atoms with E-state index in [2.05, 4.69) is 15.2 Å². The highest BCUT2D eigenvalue weighted by atomic mass is 16.2. The van der Waals surface area contributed by atoms with Crippen molar-refractivity contribution in [3.8, 4) is 0 Å². The van der Waals surface area contributed by atoms with Gasteiger partial charge in [-0.2, -0.15) is 0 Å². The van der Waals surface area contributed by atoms with Crippen molar-refractivity contribution < 1.29 is 9.59 Å². The number of Topliss-reactive ketones (excluding diaryl/α,β-unsaturated/α-hetero) is 1. The Morgan fingerprint density at radius 2 is 1.90 bits per heavy atom. The van der Waals surface area contributed by atoms with Crippen molar-refractivity contribution in [2.24, 2.45) is 5.92 Å². The van der Waals surface area contributed by atoms with Gasteiger partial charge in [0, 0.05) is 25.2 Å². The van der Waals surface area contributed by atoms with E-state index in [1.165, 1.54) is 19.8 Å². The molecule has 1 amide bonds. The van der Waals surface area contributed by atoms with Crippen LogP contribution in [-0.4, -0.2) is 47.3 Å². The van der Waals surface area contributed by atoms with Gasteiger partial charge in [0.05, 0.1) is 11.3 Å². The zero-order valence-electron chi connectivity index (χ0n) is 13.0. The van der Waals surface area contributed by atoms with Gasteiger partial charge in [-0.05, 0) is 51.3 Å². The van der Waals surface area contributed by atoms with Crippen molar-refractivity contribution in [1.82, 2.24) is 15.2 Å². The number of ketones is 1. The number of rotatable bonds is 3. The van der Waals surface area contributed by atoms with Crippen LogP contribution >= 0.6 is 0 Å². The number of aryl methyl sites for hydroxylation is 1. The lowest BCUT2D eigenvalue weighted by Crippen LogP contribution is -2.57. The van der Waals surface area contributed by atoms with Crippen LogP contribution in [0.5, 0.6) is 0 Å². The van der Waals surface area contributed by atoms with Crippen LogP contribution in [-0.2, 0) is 0 Å². The van der Waals surface area contributed by atoms with Crippen LogP contribution in [0.4, 0.5) is 0 Å². The van der Waals surface area contributed by atoms with Crippen molar-refractivity contribution >= 4 is 11.7 Å². The molecule has 3 fully saturated rings. The summed E-state index contributed by atoms with van der Waals surface area (Å²) in [6, 6.07) is 0.245. The summed E-state index contributed by atoms with van der Waals surface area (Å²) < 4.78 is 0. The van der Waals surface area contributed by atoms with Gasteiger partial charge >= 0.3 is 0 Å². The van der Waals surface area contributed by atoms with E-state index in [0.717, 1.165) is 30.9 Å². The fourth-order valence-electron chi connectivity index (χ4n) is 3.81. The quantitative estimate of drug-likeness (QED) is 0.832. The highest BCUT2D eigenvalue weighted by molar-refractivity contribution is 6.02. The molecule has 0 spiro atoms. The topological polar surface area (TPSA) is 65.2 Å². The van der Waals surface area contributed by atoms with Crippen LogP contribution in [0, 0.1) is 19.8 Å². The minimum Gasteiger partial charge on any atom is -0.355 e. The van der Waals surface area contributed by atoms with E-state index in [4.69, 9.17) is 0 Å². The van der Waals surface area contributed by atoms with E-state index < -0.39 is 0 Å². The van der Waals surface area contributed by atoms with Crippen LogP contribution < -0.4 is 5.32 Å². The number of aromatic nitrogens is 1. The zero-order chi connectivity index (χ0) is 15.1. The Hall–Kier alpha value is -1.62. The first-order valence-corrected chi connectivity index (χ1v) is 7.70.